The molecule has 0 atom stereocenters. The summed E-state index contributed by atoms with van der Waals surface area (Å²) in [5.74, 6) is -0.988. The first-order valence-corrected chi connectivity index (χ1v) is 4.47. The summed E-state index contributed by atoms with van der Waals surface area (Å²) in [6.07, 6.45) is 0. The first-order chi connectivity index (χ1) is 7.06. The Bertz CT molecular complexity index is 402. The summed E-state index contributed by atoms with van der Waals surface area (Å²) in [6.45, 7) is 5.76. The van der Waals surface area contributed by atoms with Gasteiger partial charge in [-0.1, -0.05) is 6.58 Å². The average Bonchev–Trinajstić information content (AvgIpc) is 2.17. The second kappa shape index (κ2) is 4.59. The second-order valence-electron chi connectivity index (χ2n) is 2.92. The molecular formula is C11H12FNO2. The molecule has 4 heteroatoms. The first-order valence-electron chi connectivity index (χ1n) is 4.47. The van der Waals surface area contributed by atoms with E-state index in [4.69, 9.17) is 10.5 Å². The lowest BCUT2D eigenvalue weighted by atomic mass is 10.1. The molecule has 0 heterocycles. The zero-order valence-corrected chi connectivity index (χ0v) is 8.42. The lowest BCUT2D eigenvalue weighted by Crippen LogP contribution is -2.11. The van der Waals surface area contributed by atoms with E-state index >= 15 is 0 Å². The Morgan fingerprint density at radius 1 is 1.60 bits per heavy atom. The predicted octanol–water partition coefficient (Wildman–Crippen LogP) is 1.93. The number of rotatable bonds is 4. The van der Waals surface area contributed by atoms with Crippen molar-refractivity contribution in [2.45, 2.75) is 6.92 Å². The fourth-order valence-corrected chi connectivity index (χ4v) is 1.15. The molecule has 1 aromatic rings. The minimum Gasteiger partial charge on any atom is -0.494 e. The summed E-state index contributed by atoms with van der Waals surface area (Å²) in [5.41, 5.74) is 5.37. The van der Waals surface area contributed by atoms with Gasteiger partial charge in [-0.05, 0) is 25.1 Å². The normalized spacial score (nSPS) is 9.73. The van der Waals surface area contributed by atoms with Gasteiger partial charge >= 0.3 is 0 Å². The molecule has 0 aliphatic rings. The maximum atomic E-state index is 13.4. The van der Waals surface area contributed by atoms with Crippen molar-refractivity contribution >= 4 is 11.7 Å². The largest absolute Gasteiger partial charge is 0.494 e. The molecule has 0 fully saturated rings. The highest BCUT2D eigenvalue weighted by atomic mass is 19.1. The Balaban J connectivity index is 3.03. The molecule has 0 aliphatic carbocycles. The van der Waals surface area contributed by atoms with Gasteiger partial charge in [0.25, 0.3) is 0 Å². The van der Waals surface area contributed by atoms with Crippen LogP contribution in [-0.4, -0.2) is 12.5 Å². The van der Waals surface area contributed by atoms with Crippen LogP contribution in [0.4, 0.5) is 4.39 Å². The zero-order chi connectivity index (χ0) is 11.4. The van der Waals surface area contributed by atoms with Gasteiger partial charge in [-0.3, -0.25) is 4.79 Å². The zero-order valence-electron chi connectivity index (χ0n) is 8.42. The van der Waals surface area contributed by atoms with Gasteiger partial charge in [-0.25, -0.2) is 4.39 Å². The summed E-state index contributed by atoms with van der Waals surface area (Å²) < 4.78 is 18.5. The van der Waals surface area contributed by atoms with E-state index in [0.29, 0.717) is 6.61 Å². The number of carbonyl (C=O) groups excluding carboxylic acids is 1. The van der Waals surface area contributed by atoms with E-state index in [1.807, 2.05) is 0 Å². The molecule has 0 radical (unpaired) electrons. The van der Waals surface area contributed by atoms with Crippen LogP contribution in [0.15, 0.2) is 24.8 Å². The molecule has 1 rings (SSSR count). The summed E-state index contributed by atoms with van der Waals surface area (Å²) in [4.78, 5) is 10.8. The molecular weight excluding hydrogens is 197 g/mol. The van der Waals surface area contributed by atoms with E-state index in [-0.39, 0.29) is 16.9 Å². The van der Waals surface area contributed by atoms with Crippen LogP contribution in [0.1, 0.15) is 22.8 Å². The molecule has 0 aromatic heterocycles. The van der Waals surface area contributed by atoms with Gasteiger partial charge in [-0.15, -0.1) is 0 Å². The third-order valence-corrected chi connectivity index (χ3v) is 1.87. The van der Waals surface area contributed by atoms with E-state index in [1.54, 1.807) is 6.92 Å². The van der Waals surface area contributed by atoms with Crippen molar-refractivity contribution in [3.05, 3.63) is 41.7 Å². The van der Waals surface area contributed by atoms with Crippen LogP contribution in [0.25, 0.3) is 5.76 Å². The number of hydrogen-bond acceptors (Lipinski definition) is 2. The number of nitrogens with two attached hydrogens (primary N) is 1. The Labute approximate surface area is 87.3 Å². The number of primary amides is 1. The number of hydrogen-bond donors (Lipinski definition) is 1. The van der Waals surface area contributed by atoms with Crippen LogP contribution < -0.4 is 5.73 Å². The first kappa shape index (κ1) is 11.2. The molecule has 2 N–H and O–H groups in total. The smallest absolute Gasteiger partial charge is 0.248 e. The van der Waals surface area contributed by atoms with E-state index in [0.717, 1.165) is 6.07 Å². The quantitative estimate of drug-likeness (QED) is 0.770. The van der Waals surface area contributed by atoms with E-state index < -0.39 is 11.7 Å². The predicted molar refractivity (Wildman–Crippen MR) is 55.6 cm³/mol. The molecule has 0 spiro atoms. The molecule has 80 valence electrons. The number of carbonyl (C=O) groups is 1. The van der Waals surface area contributed by atoms with Crippen LogP contribution in [-0.2, 0) is 4.74 Å². The van der Waals surface area contributed by atoms with Gasteiger partial charge in [0.05, 0.1) is 12.2 Å². The number of ether oxygens (including phenoxy) is 1. The molecule has 0 saturated carbocycles. The average molecular weight is 209 g/mol. The van der Waals surface area contributed by atoms with Gasteiger partial charge in [-0.2, -0.15) is 0 Å². The summed E-state index contributed by atoms with van der Waals surface area (Å²) in [6, 6.07) is 3.93. The monoisotopic (exact) mass is 209 g/mol. The van der Waals surface area contributed by atoms with Crippen LogP contribution in [0.5, 0.6) is 0 Å². The van der Waals surface area contributed by atoms with Crippen molar-refractivity contribution in [3.63, 3.8) is 0 Å². The van der Waals surface area contributed by atoms with Crippen molar-refractivity contribution in [1.82, 2.24) is 0 Å². The van der Waals surface area contributed by atoms with Crippen molar-refractivity contribution < 1.29 is 13.9 Å². The van der Waals surface area contributed by atoms with E-state index in [2.05, 4.69) is 6.58 Å². The van der Waals surface area contributed by atoms with Crippen molar-refractivity contribution in [3.8, 4) is 0 Å². The minimum atomic E-state index is -0.664. The van der Waals surface area contributed by atoms with Crippen LogP contribution in [0, 0.1) is 5.82 Å². The fourth-order valence-electron chi connectivity index (χ4n) is 1.15. The van der Waals surface area contributed by atoms with Crippen molar-refractivity contribution in [1.29, 1.82) is 0 Å². The maximum Gasteiger partial charge on any atom is 0.248 e. The van der Waals surface area contributed by atoms with Crippen LogP contribution in [0.3, 0.4) is 0 Å². The minimum absolute atomic E-state index is 0.126. The highest BCUT2D eigenvalue weighted by Gasteiger charge is 2.09. The van der Waals surface area contributed by atoms with Crippen molar-refractivity contribution in [2.75, 3.05) is 6.61 Å². The maximum absolute atomic E-state index is 13.4. The third-order valence-electron chi connectivity index (χ3n) is 1.87. The fraction of sp³-hybridized carbons (Fsp3) is 0.182. The van der Waals surface area contributed by atoms with Crippen LogP contribution >= 0.6 is 0 Å². The number of benzene rings is 1. The van der Waals surface area contributed by atoms with Gasteiger partial charge in [0, 0.05) is 5.56 Å². The third kappa shape index (κ3) is 2.56. The summed E-state index contributed by atoms with van der Waals surface area (Å²) in [7, 11) is 0. The Morgan fingerprint density at radius 3 is 2.73 bits per heavy atom. The van der Waals surface area contributed by atoms with E-state index in [1.165, 1.54) is 12.1 Å². The summed E-state index contributed by atoms with van der Waals surface area (Å²) >= 11 is 0. The Morgan fingerprint density at radius 2 is 2.27 bits per heavy atom. The molecule has 0 aliphatic heterocycles. The SMILES string of the molecule is C=C(OCC)c1ccc(C(N)=O)cc1F. The number of amides is 1. The second-order valence-corrected chi connectivity index (χ2v) is 2.92. The van der Waals surface area contributed by atoms with Crippen molar-refractivity contribution in [2.24, 2.45) is 5.73 Å². The molecule has 0 saturated heterocycles. The molecule has 15 heavy (non-hydrogen) atoms. The Hall–Kier alpha value is -1.84. The number of halogens is 1. The topological polar surface area (TPSA) is 52.3 Å². The molecule has 0 bridgehead atoms. The van der Waals surface area contributed by atoms with E-state index in [9.17, 15) is 9.18 Å². The van der Waals surface area contributed by atoms with Crippen LogP contribution in [0.2, 0.25) is 0 Å². The van der Waals surface area contributed by atoms with Gasteiger partial charge in [0.1, 0.15) is 11.6 Å². The summed E-state index contributed by atoms with van der Waals surface area (Å²) in [5, 5.41) is 0. The highest BCUT2D eigenvalue weighted by molar-refractivity contribution is 5.93. The van der Waals surface area contributed by atoms with Gasteiger partial charge < -0.3 is 10.5 Å². The highest BCUT2D eigenvalue weighted by Crippen LogP contribution is 2.18. The Kier molecular flexibility index (Phi) is 3.44. The van der Waals surface area contributed by atoms with Gasteiger partial charge in [0.15, 0.2) is 0 Å². The van der Waals surface area contributed by atoms with Gasteiger partial charge in [0.2, 0.25) is 5.91 Å². The molecule has 1 amide bonds. The molecule has 3 nitrogen and oxygen atoms in total. The lowest BCUT2D eigenvalue weighted by Gasteiger charge is -2.08. The lowest BCUT2D eigenvalue weighted by molar-refractivity contribution is 0.1000. The molecule has 1 aromatic carbocycles. The molecule has 0 unspecified atom stereocenters. The standard InChI is InChI=1S/C11H12FNO2/c1-3-15-7(2)9-5-4-8(11(13)14)6-10(9)12/h4-6H,2-3H2,1H3,(H2,13,14).